The van der Waals surface area contributed by atoms with Gasteiger partial charge in [0.2, 0.25) is 5.91 Å². The summed E-state index contributed by atoms with van der Waals surface area (Å²) in [6.45, 7) is 2.36. The molecule has 1 N–H and O–H groups in total. The molecular formula is C20H23ClN2O4. The monoisotopic (exact) mass is 390 g/mol. The van der Waals surface area contributed by atoms with E-state index in [1.807, 2.05) is 0 Å². The molecule has 6 nitrogen and oxygen atoms in total. The fraction of sp³-hybridized carbons (Fsp3) is 0.300. The Morgan fingerprint density at radius 3 is 2.37 bits per heavy atom. The van der Waals surface area contributed by atoms with Crippen LogP contribution in [0.2, 0.25) is 5.02 Å². The van der Waals surface area contributed by atoms with E-state index in [9.17, 15) is 9.59 Å². The Morgan fingerprint density at radius 2 is 1.74 bits per heavy atom. The lowest BCUT2D eigenvalue weighted by Gasteiger charge is -2.22. The summed E-state index contributed by atoms with van der Waals surface area (Å²) in [7, 11) is 3.26. The lowest BCUT2D eigenvalue weighted by atomic mass is 10.2. The predicted molar refractivity (Wildman–Crippen MR) is 105 cm³/mol. The molecule has 2 aromatic carbocycles. The molecule has 0 heterocycles. The van der Waals surface area contributed by atoms with E-state index in [0.717, 1.165) is 5.75 Å². The van der Waals surface area contributed by atoms with E-state index in [2.05, 4.69) is 5.32 Å². The van der Waals surface area contributed by atoms with Crippen LogP contribution >= 0.6 is 11.6 Å². The smallest absolute Gasteiger partial charge is 0.253 e. The molecular weight excluding hydrogens is 368 g/mol. The van der Waals surface area contributed by atoms with Gasteiger partial charge in [-0.2, -0.15) is 0 Å². The lowest BCUT2D eigenvalue weighted by Crippen LogP contribution is -2.46. The van der Waals surface area contributed by atoms with Crippen LogP contribution < -0.4 is 14.8 Å². The van der Waals surface area contributed by atoms with E-state index in [1.165, 1.54) is 4.90 Å². The highest BCUT2D eigenvalue weighted by molar-refractivity contribution is 6.33. The third-order valence-corrected chi connectivity index (χ3v) is 4.30. The molecule has 1 atom stereocenters. The molecule has 144 valence electrons. The summed E-state index contributed by atoms with van der Waals surface area (Å²) < 4.78 is 10.7. The highest BCUT2D eigenvalue weighted by atomic mass is 35.5. The van der Waals surface area contributed by atoms with Crippen LogP contribution in [-0.2, 0) is 4.79 Å². The van der Waals surface area contributed by atoms with Crippen molar-refractivity contribution in [3.8, 4) is 11.5 Å². The van der Waals surface area contributed by atoms with Gasteiger partial charge in [-0.1, -0.05) is 23.7 Å². The van der Waals surface area contributed by atoms with Crippen LogP contribution in [0, 0.1) is 0 Å². The number of amides is 2. The topological polar surface area (TPSA) is 67.9 Å². The van der Waals surface area contributed by atoms with Crippen molar-refractivity contribution < 1.29 is 19.1 Å². The Balaban J connectivity index is 1.81. The second-order valence-corrected chi connectivity index (χ2v) is 6.37. The average molecular weight is 391 g/mol. The van der Waals surface area contributed by atoms with Gasteiger partial charge < -0.3 is 19.7 Å². The van der Waals surface area contributed by atoms with Crippen molar-refractivity contribution in [2.45, 2.75) is 13.0 Å². The zero-order chi connectivity index (χ0) is 19.8. The largest absolute Gasteiger partial charge is 0.497 e. The minimum Gasteiger partial charge on any atom is -0.497 e. The molecule has 0 saturated carbocycles. The minimum atomic E-state index is -0.681. The molecule has 0 saturated heterocycles. The van der Waals surface area contributed by atoms with Gasteiger partial charge in [-0.3, -0.25) is 9.59 Å². The molecule has 0 aromatic heterocycles. The molecule has 0 aliphatic rings. The number of hydrogen-bond acceptors (Lipinski definition) is 4. The number of nitrogens with one attached hydrogen (secondary N) is 1. The molecule has 0 spiro atoms. The minimum absolute atomic E-state index is 0.214. The number of methoxy groups -OCH3 is 1. The SMILES string of the molecule is COc1ccc(OCCN(C)C(=O)[C@H](C)NC(=O)c2ccccc2Cl)cc1. The van der Waals surface area contributed by atoms with E-state index in [1.54, 1.807) is 69.6 Å². The number of rotatable bonds is 8. The fourth-order valence-corrected chi connectivity index (χ4v) is 2.62. The highest BCUT2D eigenvalue weighted by Gasteiger charge is 2.21. The Bertz CT molecular complexity index is 780. The molecule has 2 aromatic rings. The van der Waals surface area contributed by atoms with Crippen LogP contribution in [0.15, 0.2) is 48.5 Å². The van der Waals surface area contributed by atoms with E-state index in [4.69, 9.17) is 21.1 Å². The molecule has 7 heteroatoms. The van der Waals surface area contributed by atoms with Gasteiger partial charge in [-0.25, -0.2) is 0 Å². The molecule has 0 aliphatic heterocycles. The van der Waals surface area contributed by atoms with E-state index >= 15 is 0 Å². The molecule has 0 fully saturated rings. The van der Waals surface area contributed by atoms with Crippen LogP contribution in [0.25, 0.3) is 0 Å². The standard InChI is InChI=1S/C20H23ClN2O4/c1-14(22-19(24)17-6-4-5-7-18(17)21)20(25)23(2)12-13-27-16-10-8-15(26-3)9-11-16/h4-11,14H,12-13H2,1-3H3,(H,22,24)/t14-/m0/s1. The number of benzene rings is 2. The molecule has 0 bridgehead atoms. The average Bonchev–Trinajstić information content (AvgIpc) is 2.68. The summed E-state index contributed by atoms with van der Waals surface area (Å²) in [4.78, 5) is 26.2. The van der Waals surface area contributed by atoms with Crippen LogP contribution in [0.1, 0.15) is 17.3 Å². The van der Waals surface area contributed by atoms with E-state index in [0.29, 0.717) is 29.5 Å². The second kappa shape index (κ2) is 9.83. The first kappa shape index (κ1) is 20.6. The second-order valence-electron chi connectivity index (χ2n) is 5.96. The maximum Gasteiger partial charge on any atom is 0.253 e. The first-order valence-corrected chi connectivity index (χ1v) is 8.87. The first-order valence-electron chi connectivity index (χ1n) is 8.49. The van der Waals surface area contributed by atoms with E-state index in [-0.39, 0.29) is 11.8 Å². The molecule has 2 amide bonds. The van der Waals surface area contributed by atoms with Gasteiger partial charge in [0.1, 0.15) is 24.1 Å². The van der Waals surface area contributed by atoms with Crippen molar-refractivity contribution in [2.24, 2.45) is 0 Å². The summed E-state index contributed by atoms with van der Waals surface area (Å²) in [5.41, 5.74) is 0.337. The summed E-state index contributed by atoms with van der Waals surface area (Å²) in [5, 5.41) is 3.01. The quantitative estimate of drug-likeness (QED) is 0.752. The van der Waals surface area contributed by atoms with Gasteiger partial charge >= 0.3 is 0 Å². The number of nitrogens with zero attached hydrogens (tertiary/aromatic N) is 1. The molecule has 0 radical (unpaired) electrons. The van der Waals surface area contributed by atoms with Crippen LogP contribution in [0.3, 0.4) is 0 Å². The summed E-state index contributed by atoms with van der Waals surface area (Å²) in [6.07, 6.45) is 0. The number of hydrogen-bond donors (Lipinski definition) is 1. The van der Waals surface area contributed by atoms with Crippen LogP contribution in [0.5, 0.6) is 11.5 Å². The third kappa shape index (κ3) is 5.89. The van der Waals surface area contributed by atoms with Crippen molar-refractivity contribution >= 4 is 23.4 Å². The number of carbonyl (C=O) groups is 2. The maximum absolute atomic E-state index is 12.4. The zero-order valence-corrected chi connectivity index (χ0v) is 16.3. The van der Waals surface area contributed by atoms with Crippen LogP contribution in [0.4, 0.5) is 0 Å². The van der Waals surface area contributed by atoms with Crippen molar-refractivity contribution in [2.75, 3.05) is 27.3 Å². The van der Waals surface area contributed by atoms with Gasteiger partial charge in [-0.05, 0) is 43.3 Å². The van der Waals surface area contributed by atoms with Gasteiger partial charge in [-0.15, -0.1) is 0 Å². The maximum atomic E-state index is 12.4. The predicted octanol–water partition coefficient (Wildman–Crippen LogP) is 3.00. The molecule has 0 unspecified atom stereocenters. The highest BCUT2D eigenvalue weighted by Crippen LogP contribution is 2.17. The molecule has 2 rings (SSSR count). The van der Waals surface area contributed by atoms with Crippen LogP contribution in [-0.4, -0.2) is 50.1 Å². The first-order chi connectivity index (χ1) is 12.9. The summed E-state index contributed by atoms with van der Waals surface area (Å²) >= 11 is 6.01. The fourth-order valence-electron chi connectivity index (χ4n) is 2.39. The number of ether oxygens (including phenoxy) is 2. The number of likely N-dealkylation sites (N-methyl/N-ethyl adjacent to an activating group) is 1. The molecule has 27 heavy (non-hydrogen) atoms. The Hall–Kier alpha value is -2.73. The summed E-state index contributed by atoms with van der Waals surface area (Å²) in [5.74, 6) is 0.840. The van der Waals surface area contributed by atoms with E-state index < -0.39 is 6.04 Å². The van der Waals surface area contributed by atoms with Crippen molar-refractivity contribution in [3.63, 3.8) is 0 Å². The number of carbonyl (C=O) groups excluding carboxylic acids is 2. The van der Waals surface area contributed by atoms with Crippen molar-refractivity contribution in [3.05, 3.63) is 59.1 Å². The van der Waals surface area contributed by atoms with Gasteiger partial charge in [0, 0.05) is 7.05 Å². The van der Waals surface area contributed by atoms with Gasteiger partial charge in [0.15, 0.2) is 0 Å². The summed E-state index contributed by atoms with van der Waals surface area (Å²) in [6, 6.07) is 13.2. The lowest BCUT2D eigenvalue weighted by molar-refractivity contribution is -0.131. The Labute approximate surface area is 164 Å². The third-order valence-electron chi connectivity index (χ3n) is 3.97. The Kier molecular flexibility index (Phi) is 7.49. The normalized spacial score (nSPS) is 11.4. The number of halogens is 1. The zero-order valence-electron chi connectivity index (χ0n) is 15.6. The van der Waals surface area contributed by atoms with Crippen molar-refractivity contribution in [1.82, 2.24) is 10.2 Å². The van der Waals surface area contributed by atoms with Gasteiger partial charge in [0.25, 0.3) is 5.91 Å². The van der Waals surface area contributed by atoms with Crippen molar-refractivity contribution in [1.29, 1.82) is 0 Å². The molecule has 0 aliphatic carbocycles. The van der Waals surface area contributed by atoms with Gasteiger partial charge in [0.05, 0.1) is 24.2 Å². The Morgan fingerprint density at radius 1 is 1.11 bits per heavy atom.